The molecule has 2 rings (SSSR count). The van der Waals surface area contributed by atoms with Crippen molar-refractivity contribution in [1.82, 2.24) is 4.98 Å². The highest BCUT2D eigenvalue weighted by Crippen LogP contribution is 2.36. The van der Waals surface area contributed by atoms with E-state index >= 15 is 0 Å². The molecule has 1 heterocycles. The third kappa shape index (κ3) is 1.99. The Hall–Kier alpha value is -1.81. The third-order valence-electron chi connectivity index (χ3n) is 2.97. The average molecular weight is 258 g/mol. The van der Waals surface area contributed by atoms with Crippen LogP contribution in [0.5, 0.6) is 0 Å². The van der Waals surface area contributed by atoms with Gasteiger partial charge in [-0.05, 0) is 18.4 Å². The van der Waals surface area contributed by atoms with Crippen LogP contribution in [0.3, 0.4) is 0 Å². The topological polar surface area (TPSA) is 76.9 Å². The fourth-order valence-corrected chi connectivity index (χ4v) is 2.20. The number of hydrogen-bond acceptors (Lipinski definition) is 3. The van der Waals surface area contributed by atoms with E-state index in [-0.39, 0.29) is 24.1 Å². The Kier molecular flexibility index (Phi) is 2.91. The third-order valence-corrected chi connectivity index (χ3v) is 2.97. The van der Waals surface area contributed by atoms with Gasteiger partial charge in [0.1, 0.15) is 11.6 Å². The van der Waals surface area contributed by atoms with E-state index in [1.807, 2.05) is 0 Å². The van der Waals surface area contributed by atoms with Gasteiger partial charge in [-0.1, -0.05) is 0 Å². The van der Waals surface area contributed by atoms with Gasteiger partial charge in [0, 0.05) is 12.1 Å². The lowest BCUT2D eigenvalue weighted by Gasteiger charge is -2.24. The number of aliphatic hydroxyl groups excluding tert-OH is 1. The smallest absolute Gasteiger partial charge is 0.393 e. The van der Waals surface area contributed by atoms with Gasteiger partial charge in [0.2, 0.25) is 0 Å². The molecule has 1 aromatic heterocycles. The number of halogens is 3. The lowest BCUT2D eigenvalue weighted by atomic mass is 9.88. The lowest BCUT2D eigenvalue weighted by molar-refractivity contribution is -0.138. The normalized spacial score (nSPS) is 19.2. The van der Waals surface area contributed by atoms with E-state index in [1.165, 1.54) is 6.07 Å². The summed E-state index contributed by atoms with van der Waals surface area (Å²) in [5.74, 6) is 0. The number of aryl methyl sites for hydroxylation is 1. The number of aromatic amines is 1. The molecule has 1 aromatic rings. The molecule has 0 radical (unpaired) electrons. The SMILES string of the molecule is N#Cc1c(C(F)(F)F)c2c([nH]c1=O)CCC(O)C2. The van der Waals surface area contributed by atoms with Crippen LogP contribution in [0.15, 0.2) is 4.79 Å². The molecule has 0 saturated heterocycles. The first-order valence-corrected chi connectivity index (χ1v) is 5.28. The van der Waals surface area contributed by atoms with Gasteiger partial charge in [0.25, 0.3) is 5.56 Å². The highest BCUT2D eigenvalue weighted by Gasteiger charge is 2.40. The van der Waals surface area contributed by atoms with Crippen molar-refractivity contribution >= 4 is 0 Å². The van der Waals surface area contributed by atoms with Crippen LogP contribution in [0.4, 0.5) is 13.2 Å². The van der Waals surface area contributed by atoms with Gasteiger partial charge in [-0.3, -0.25) is 4.79 Å². The lowest BCUT2D eigenvalue weighted by Crippen LogP contribution is -2.30. The molecule has 1 atom stereocenters. The summed E-state index contributed by atoms with van der Waals surface area (Å²) < 4.78 is 38.8. The number of nitriles is 1. The number of fused-ring (bicyclic) bond motifs is 1. The minimum Gasteiger partial charge on any atom is -0.393 e. The largest absolute Gasteiger partial charge is 0.418 e. The Labute approximate surface area is 99.7 Å². The number of pyridine rings is 1. The minimum atomic E-state index is -4.78. The summed E-state index contributed by atoms with van der Waals surface area (Å²) in [7, 11) is 0. The summed E-state index contributed by atoms with van der Waals surface area (Å²) in [6.45, 7) is 0. The quantitative estimate of drug-likeness (QED) is 0.732. The van der Waals surface area contributed by atoms with Gasteiger partial charge in [0.15, 0.2) is 0 Å². The van der Waals surface area contributed by atoms with Crippen molar-refractivity contribution in [3.63, 3.8) is 0 Å². The maximum absolute atomic E-state index is 12.9. The summed E-state index contributed by atoms with van der Waals surface area (Å²) in [6, 6.07) is 1.29. The van der Waals surface area contributed by atoms with Crippen LogP contribution in [-0.2, 0) is 19.0 Å². The van der Waals surface area contributed by atoms with E-state index in [0.29, 0.717) is 6.42 Å². The van der Waals surface area contributed by atoms with Crippen LogP contribution in [0.1, 0.15) is 28.8 Å². The number of hydrogen-bond donors (Lipinski definition) is 2. The maximum atomic E-state index is 12.9. The van der Waals surface area contributed by atoms with Crippen LogP contribution in [-0.4, -0.2) is 16.2 Å². The van der Waals surface area contributed by atoms with Gasteiger partial charge in [0.05, 0.1) is 11.7 Å². The van der Waals surface area contributed by atoms with Gasteiger partial charge < -0.3 is 10.1 Å². The zero-order valence-electron chi connectivity index (χ0n) is 9.14. The van der Waals surface area contributed by atoms with E-state index in [2.05, 4.69) is 4.98 Å². The van der Waals surface area contributed by atoms with Crippen molar-refractivity contribution in [1.29, 1.82) is 5.26 Å². The van der Waals surface area contributed by atoms with E-state index in [1.54, 1.807) is 0 Å². The van der Waals surface area contributed by atoms with Crippen molar-refractivity contribution in [2.75, 3.05) is 0 Å². The molecule has 2 N–H and O–H groups in total. The first kappa shape index (κ1) is 12.6. The van der Waals surface area contributed by atoms with E-state index in [4.69, 9.17) is 5.26 Å². The van der Waals surface area contributed by atoms with Crippen molar-refractivity contribution < 1.29 is 18.3 Å². The number of H-pyrrole nitrogens is 1. The molecular weight excluding hydrogens is 249 g/mol. The molecule has 7 heteroatoms. The molecular formula is C11H9F3N2O2. The van der Waals surface area contributed by atoms with Crippen molar-refractivity contribution in [2.24, 2.45) is 0 Å². The molecule has 1 unspecified atom stereocenters. The van der Waals surface area contributed by atoms with Crippen molar-refractivity contribution in [3.05, 3.63) is 32.7 Å². The Balaban J connectivity index is 2.79. The van der Waals surface area contributed by atoms with Gasteiger partial charge >= 0.3 is 6.18 Å². The first-order chi connectivity index (χ1) is 8.34. The Morgan fingerprint density at radius 1 is 1.44 bits per heavy atom. The fourth-order valence-electron chi connectivity index (χ4n) is 2.20. The van der Waals surface area contributed by atoms with Gasteiger partial charge in [-0.2, -0.15) is 18.4 Å². The fraction of sp³-hybridized carbons (Fsp3) is 0.455. The number of aromatic nitrogens is 1. The molecule has 4 nitrogen and oxygen atoms in total. The zero-order valence-corrected chi connectivity index (χ0v) is 9.14. The monoisotopic (exact) mass is 258 g/mol. The highest BCUT2D eigenvalue weighted by molar-refractivity contribution is 5.46. The summed E-state index contributed by atoms with van der Waals surface area (Å²) in [6.07, 6.45) is -5.39. The zero-order chi connectivity index (χ0) is 13.5. The first-order valence-electron chi connectivity index (χ1n) is 5.28. The van der Waals surface area contributed by atoms with Crippen LogP contribution < -0.4 is 5.56 Å². The Morgan fingerprint density at radius 3 is 2.67 bits per heavy atom. The van der Waals surface area contributed by atoms with Crippen LogP contribution in [0.25, 0.3) is 0 Å². The second-order valence-electron chi connectivity index (χ2n) is 4.17. The summed E-state index contributed by atoms with van der Waals surface area (Å²) in [4.78, 5) is 13.7. The summed E-state index contributed by atoms with van der Waals surface area (Å²) in [5, 5.41) is 18.1. The van der Waals surface area contributed by atoms with Gasteiger partial charge in [-0.25, -0.2) is 0 Å². The molecule has 0 aromatic carbocycles. The maximum Gasteiger partial charge on any atom is 0.418 e. The molecule has 0 aliphatic heterocycles. The highest BCUT2D eigenvalue weighted by atomic mass is 19.4. The minimum absolute atomic E-state index is 0.164. The average Bonchev–Trinajstić information content (AvgIpc) is 2.26. The molecule has 96 valence electrons. The number of alkyl halides is 3. The molecule has 0 fully saturated rings. The standard InChI is InChI=1S/C11H9F3N2O2/c12-11(13,14)9-6-3-5(17)1-2-8(6)16-10(18)7(9)4-15/h5,17H,1-3H2,(H,16,18). The van der Waals surface area contributed by atoms with E-state index in [0.717, 1.165) is 0 Å². The Morgan fingerprint density at radius 2 is 2.11 bits per heavy atom. The predicted octanol–water partition coefficient (Wildman–Crippen LogP) is 1.11. The van der Waals surface area contributed by atoms with E-state index in [9.17, 15) is 23.1 Å². The van der Waals surface area contributed by atoms with Gasteiger partial charge in [-0.15, -0.1) is 0 Å². The van der Waals surface area contributed by atoms with Crippen molar-refractivity contribution in [2.45, 2.75) is 31.5 Å². The molecule has 0 amide bonds. The van der Waals surface area contributed by atoms with E-state index < -0.39 is 29.0 Å². The molecule has 0 bridgehead atoms. The number of rotatable bonds is 0. The molecule has 0 saturated carbocycles. The van der Waals surface area contributed by atoms with Crippen LogP contribution in [0, 0.1) is 11.3 Å². The molecule has 18 heavy (non-hydrogen) atoms. The second-order valence-corrected chi connectivity index (χ2v) is 4.17. The Bertz CT molecular complexity index is 584. The van der Waals surface area contributed by atoms with Crippen LogP contribution >= 0.6 is 0 Å². The molecule has 0 spiro atoms. The summed E-state index contributed by atoms with van der Waals surface area (Å²) in [5.41, 5.74) is -3.17. The second kappa shape index (κ2) is 4.14. The van der Waals surface area contributed by atoms with Crippen molar-refractivity contribution in [3.8, 4) is 6.07 Å². The predicted molar refractivity (Wildman–Crippen MR) is 54.8 cm³/mol. The number of nitrogens with zero attached hydrogens (tertiary/aromatic N) is 1. The molecule has 1 aliphatic rings. The summed E-state index contributed by atoms with van der Waals surface area (Å²) >= 11 is 0. The molecule has 1 aliphatic carbocycles. The number of nitrogens with one attached hydrogen (secondary N) is 1. The van der Waals surface area contributed by atoms with Crippen LogP contribution in [0.2, 0.25) is 0 Å². The number of aliphatic hydroxyl groups is 1.